The average molecular weight is 294 g/mol. The molecule has 6 heteroatoms. The third-order valence-electron chi connectivity index (χ3n) is 3.88. The van der Waals surface area contributed by atoms with Gasteiger partial charge < -0.3 is 10.6 Å². The number of carbonyl (C=O) groups excluding carboxylic acids is 1. The summed E-state index contributed by atoms with van der Waals surface area (Å²) in [6, 6.07) is 1.77. The van der Waals surface area contributed by atoms with Crippen molar-refractivity contribution in [3.05, 3.63) is 23.6 Å². The first kappa shape index (κ1) is 15.7. The van der Waals surface area contributed by atoms with Crippen molar-refractivity contribution in [1.29, 1.82) is 0 Å². The van der Waals surface area contributed by atoms with Gasteiger partial charge in [0.2, 0.25) is 0 Å². The Morgan fingerprint density at radius 2 is 2.33 bits per heavy atom. The van der Waals surface area contributed by atoms with Gasteiger partial charge in [-0.2, -0.15) is 0 Å². The highest BCUT2D eigenvalue weighted by molar-refractivity contribution is 5.95. The summed E-state index contributed by atoms with van der Waals surface area (Å²) in [5.41, 5.74) is 0.0435. The monoisotopic (exact) mass is 294 g/mol. The van der Waals surface area contributed by atoms with E-state index in [0.29, 0.717) is 19.1 Å². The average Bonchev–Trinajstić information content (AvgIpc) is 2.94. The van der Waals surface area contributed by atoms with Crippen LogP contribution in [0.4, 0.5) is 10.2 Å². The van der Waals surface area contributed by atoms with E-state index in [1.807, 2.05) is 6.92 Å². The van der Waals surface area contributed by atoms with E-state index in [4.69, 9.17) is 0 Å². The van der Waals surface area contributed by atoms with Crippen molar-refractivity contribution in [3.63, 3.8) is 0 Å². The summed E-state index contributed by atoms with van der Waals surface area (Å²) in [6.45, 7) is 7.14. The van der Waals surface area contributed by atoms with Gasteiger partial charge in [0.25, 0.3) is 5.91 Å². The number of rotatable bonds is 6. The van der Waals surface area contributed by atoms with Crippen LogP contribution in [0, 0.1) is 5.82 Å². The van der Waals surface area contributed by atoms with Crippen molar-refractivity contribution in [2.24, 2.45) is 0 Å². The van der Waals surface area contributed by atoms with E-state index < -0.39 is 5.82 Å². The highest BCUT2D eigenvalue weighted by Gasteiger charge is 2.24. The van der Waals surface area contributed by atoms with Crippen LogP contribution in [0.5, 0.6) is 0 Å². The Kier molecular flexibility index (Phi) is 5.50. The normalized spacial score (nSPS) is 18.7. The zero-order chi connectivity index (χ0) is 15.2. The molecule has 0 aromatic carbocycles. The fraction of sp³-hybridized carbons (Fsp3) is 0.600. The number of likely N-dealkylation sites (tertiary alicyclic amines) is 1. The van der Waals surface area contributed by atoms with Crippen LogP contribution in [-0.2, 0) is 0 Å². The Balaban J connectivity index is 1.99. The lowest BCUT2D eigenvalue weighted by atomic mass is 10.2. The Morgan fingerprint density at radius 1 is 1.52 bits per heavy atom. The summed E-state index contributed by atoms with van der Waals surface area (Å²) in [7, 11) is 0. The van der Waals surface area contributed by atoms with Gasteiger partial charge in [-0.15, -0.1) is 0 Å². The standard InChI is InChI=1S/C15H23FN4O/c1-3-17-14-13(16)12(7-8-18-14)15(21)19-10-11-6-5-9-20(11)4-2/h7-8,11H,3-6,9-10H2,1-2H3,(H,17,18)(H,19,21). The molecule has 1 fully saturated rings. The fourth-order valence-electron chi connectivity index (χ4n) is 2.76. The van der Waals surface area contributed by atoms with E-state index in [2.05, 4.69) is 27.4 Å². The van der Waals surface area contributed by atoms with Crippen LogP contribution >= 0.6 is 0 Å². The number of carbonyl (C=O) groups is 1. The number of aromatic nitrogens is 1. The number of nitrogens with zero attached hydrogens (tertiary/aromatic N) is 2. The molecule has 2 N–H and O–H groups in total. The minimum Gasteiger partial charge on any atom is -0.368 e. The molecular weight excluding hydrogens is 271 g/mol. The van der Waals surface area contributed by atoms with Gasteiger partial charge >= 0.3 is 0 Å². The second-order valence-corrected chi connectivity index (χ2v) is 5.19. The number of anilines is 1. The molecule has 0 radical (unpaired) electrons. The van der Waals surface area contributed by atoms with Crippen molar-refractivity contribution < 1.29 is 9.18 Å². The molecule has 1 unspecified atom stereocenters. The third-order valence-corrected chi connectivity index (χ3v) is 3.88. The molecule has 0 saturated carbocycles. The number of halogens is 1. The lowest BCUT2D eigenvalue weighted by Gasteiger charge is -2.22. The minimum atomic E-state index is -0.587. The van der Waals surface area contributed by atoms with E-state index in [-0.39, 0.29) is 17.3 Å². The lowest BCUT2D eigenvalue weighted by molar-refractivity contribution is 0.0937. The summed E-state index contributed by atoms with van der Waals surface area (Å²) in [4.78, 5) is 18.4. The largest absolute Gasteiger partial charge is 0.368 e. The number of likely N-dealkylation sites (N-methyl/N-ethyl adjacent to an activating group) is 1. The second kappa shape index (κ2) is 7.36. The summed E-state index contributed by atoms with van der Waals surface area (Å²) in [5, 5.41) is 5.65. The number of amides is 1. The molecule has 1 atom stereocenters. The van der Waals surface area contributed by atoms with Gasteiger partial charge in [0, 0.05) is 25.3 Å². The van der Waals surface area contributed by atoms with Crippen LogP contribution in [0.25, 0.3) is 0 Å². The predicted octanol–water partition coefficient (Wildman–Crippen LogP) is 1.87. The Morgan fingerprint density at radius 3 is 3.05 bits per heavy atom. The van der Waals surface area contributed by atoms with Crippen LogP contribution < -0.4 is 10.6 Å². The highest BCUT2D eigenvalue weighted by atomic mass is 19.1. The molecule has 5 nitrogen and oxygen atoms in total. The molecule has 1 aliphatic heterocycles. The maximum absolute atomic E-state index is 14.2. The second-order valence-electron chi connectivity index (χ2n) is 5.19. The minimum absolute atomic E-state index is 0.0435. The molecule has 2 heterocycles. The van der Waals surface area contributed by atoms with Crippen molar-refractivity contribution in [3.8, 4) is 0 Å². The zero-order valence-corrected chi connectivity index (χ0v) is 12.7. The van der Waals surface area contributed by atoms with Crippen molar-refractivity contribution >= 4 is 11.7 Å². The Hall–Kier alpha value is -1.69. The van der Waals surface area contributed by atoms with Crippen LogP contribution in [0.1, 0.15) is 37.0 Å². The van der Waals surface area contributed by atoms with Gasteiger partial charge in [-0.3, -0.25) is 9.69 Å². The molecule has 2 rings (SSSR count). The molecule has 0 spiro atoms. The molecule has 21 heavy (non-hydrogen) atoms. The van der Waals surface area contributed by atoms with Gasteiger partial charge in [0.1, 0.15) is 0 Å². The van der Waals surface area contributed by atoms with E-state index in [9.17, 15) is 9.18 Å². The van der Waals surface area contributed by atoms with Crippen LogP contribution in [0.2, 0.25) is 0 Å². The van der Waals surface area contributed by atoms with E-state index in [1.54, 1.807) is 0 Å². The fourth-order valence-corrected chi connectivity index (χ4v) is 2.76. The first-order valence-corrected chi connectivity index (χ1v) is 7.58. The van der Waals surface area contributed by atoms with Gasteiger partial charge in [-0.1, -0.05) is 6.92 Å². The SMILES string of the molecule is CCNc1nccc(C(=O)NCC2CCCN2CC)c1F. The van der Waals surface area contributed by atoms with E-state index in [1.165, 1.54) is 12.3 Å². The molecule has 0 bridgehead atoms. The molecule has 1 aliphatic rings. The lowest BCUT2D eigenvalue weighted by Crippen LogP contribution is -2.40. The third kappa shape index (κ3) is 3.69. The van der Waals surface area contributed by atoms with Crippen LogP contribution in [0.3, 0.4) is 0 Å². The topological polar surface area (TPSA) is 57.3 Å². The van der Waals surface area contributed by atoms with E-state index >= 15 is 0 Å². The highest BCUT2D eigenvalue weighted by Crippen LogP contribution is 2.17. The number of hydrogen-bond acceptors (Lipinski definition) is 4. The summed E-state index contributed by atoms with van der Waals surface area (Å²) >= 11 is 0. The molecule has 0 aliphatic carbocycles. The summed E-state index contributed by atoms with van der Waals surface area (Å²) < 4.78 is 14.2. The quantitative estimate of drug-likeness (QED) is 0.841. The number of pyridine rings is 1. The summed E-state index contributed by atoms with van der Waals surface area (Å²) in [5.74, 6) is -0.839. The van der Waals surface area contributed by atoms with Gasteiger partial charge in [0.05, 0.1) is 5.56 Å². The molecule has 1 aromatic heterocycles. The van der Waals surface area contributed by atoms with Crippen molar-refractivity contribution in [2.45, 2.75) is 32.7 Å². The van der Waals surface area contributed by atoms with E-state index in [0.717, 1.165) is 25.9 Å². The maximum Gasteiger partial charge on any atom is 0.254 e. The smallest absolute Gasteiger partial charge is 0.254 e. The Labute approximate surface area is 124 Å². The number of hydrogen-bond donors (Lipinski definition) is 2. The Bertz CT molecular complexity index is 495. The molecule has 1 amide bonds. The van der Waals surface area contributed by atoms with Crippen molar-refractivity contribution in [2.75, 3.05) is 31.5 Å². The first-order chi connectivity index (χ1) is 10.2. The molecule has 1 aromatic rings. The molecule has 1 saturated heterocycles. The maximum atomic E-state index is 14.2. The van der Waals surface area contributed by atoms with Crippen LogP contribution in [0.15, 0.2) is 12.3 Å². The van der Waals surface area contributed by atoms with Crippen molar-refractivity contribution in [1.82, 2.24) is 15.2 Å². The first-order valence-electron chi connectivity index (χ1n) is 7.58. The van der Waals surface area contributed by atoms with Crippen LogP contribution in [-0.4, -0.2) is 48.0 Å². The van der Waals surface area contributed by atoms with Gasteiger partial charge in [-0.25, -0.2) is 9.37 Å². The predicted molar refractivity (Wildman–Crippen MR) is 81.0 cm³/mol. The molecular formula is C15H23FN4O. The zero-order valence-electron chi connectivity index (χ0n) is 12.7. The van der Waals surface area contributed by atoms with Gasteiger partial charge in [0.15, 0.2) is 11.6 Å². The molecule has 116 valence electrons. The van der Waals surface area contributed by atoms with Gasteiger partial charge in [-0.05, 0) is 38.9 Å². The summed E-state index contributed by atoms with van der Waals surface area (Å²) in [6.07, 6.45) is 3.68. The number of nitrogens with one attached hydrogen (secondary N) is 2.